The van der Waals surface area contributed by atoms with E-state index >= 15 is 0 Å². The second-order valence-corrected chi connectivity index (χ2v) is 5.93. The average molecular weight is 279 g/mol. The molecule has 0 saturated carbocycles. The van der Waals surface area contributed by atoms with Gasteiger partial charge in [0.1, 0.15) is 0 Å². The highest BCUT2D eigenvalue weighted by Crippen LogP contribution is 2.33. The van der Waals surface area contributed by atoms with Crippen molar-refractivity contribution in [2.75, 3.05) is 6.54 Å². The fourth-order valence-electron chi connectivity index (χ4n) is 1.58. The standard InChI is InChI=1S/C13H13NO2S2/c1-3-7-14-12(15)11(18-13(14)16)8-10-6-5-9(4-2)17-10/h3,5-6,8H,1,4,7H2,2H3. The molecular weight excluding hydrogens is 266 g/mol. The summed E-state index contributed by atoms with van der Waals surface area (Å²) in [6, 6.07) is 4.02. The zero-order valence-electron chi connectivity index (χ0n) is 10.0. The van der Waals surface area contributed by atoms with Crippen LogP contribution in [0.5, 0.6) is 0 Å². The molecule has 0 spiro atoms. The predicted octanol–water partition coefficient (Wildman–Crippen LogP) is 3.53. The van der Waals surface area contributed by atoms with Gasteiger partial charge in [0, 0.05) is 16.3 Å². The van der Waals surface area contributed by atoms with Gasteiger partial charge in [-0.25, -0.2) is 0 Å². The van der Waals surface area contributed by atoms with E-state index in [0.717, 1.165) is 23.1 Å². The molecule has 0 N–H and O–H groups in total. The molecule has 0 atom stereocenters. The minimum atomic E-state index is -0.226. The van der Waals surface area contributed by atoms with Gasteiger partial charge in [-0.1, -0.05) is 13.0 Å². The lowest BCUT2D eigenvalue weighted by Crippen LogP contribution is -2.27. The van der Waals surface area contributed by atoms with Crippen molar-refractivity contribution in [3.8, 4) is 0 Å². The molecule has 2 amide bonds. The summed E-state index contributed by atoms with van der Waals surface area (Å²) >= 11 is 2.64. The van der Waals surface area contributed by atoms with Gasteiger partial charge in [-0.05, 0) is 36.4 Å². The van der Waals surface area contributed by atoms with E-state index in [1.54, 1.807) is 23.5 Å². The third-order valence-electron chi connectivity index (χ3n) is 2.49. The van der Waals surface area contributed by atoms with Crippen LogP contribution in [0.15, 0.2) is 29.7 Å². The van der Waals surface area contributed by atoms with Crippen LogP contribution >= 0.6 is 23.1 Å². The smallest absolute Gasteiger partial charge is 0.268 e. The molecule has 2 heterocycles. The summed E-state index contributed by atoms with van der Waals surface area (Å²) in [5.41, 5.74) is 0. The van der Waals surface area contributed by atoms with Crippen molar-refractivity contribution < 1.29 is 9.59 Å². The summed E-state index contributed by atoms with van der Waals surface area (Å²) in [4.78, 5) is 27.6. The Morgan fingerprint density at radius 3 is 2.78 bits per heavy atom. The number of imide groups is 1. The third kappa shape index (κ3) is 2.57. The molecule has 1 saturated heterocycles. The van der Waals surface area contributed by atoms with E-state index < -0.39 is 0 Å². The largest absolute Gasteiger partial charge is 0.293 e. The Bertz CT molecular complexity index is 531. The fourth-order valence-corrected chi connectivity index (χ4v) is 3.39. The number of aryl methyl sites for hydroxylation is 1. The van der Waals surface area contributed by atoms with Gasteiger partial charge < -0.3 is 0 Å². The molecule has 2 rings (SSSR count). The molecule has 5 heteroatoms. The minimum Gasteiger partial charge on any atom is -0.268 e. The first kappa shape index (κ1) is 13.1. The van der Waals surface area contributed by atoms with Gasteiger partial charge in [0.2, 0.25) is 0 Å². The van der Waals surface area contributed by atoms with Crippen LogP contribution in [-0.4, -0.2) is 22.6 Å². The van der Waals surface area contributed by atoms with E-state index in [9.17, 15) is 9.59 Å². The zero-order valence-corrected chi connectivity index (χ0v) is 11.6. The molecule has 1 aliphatic rings. The number of hydrogen-bond acceptors (Lipinski definition) is 4. The topological polar surface area (TPSA) is 37.4 Å². The predicted molar refractivity (Wildman–Crippen MR) is 76.6 cm³/mol. The zero-order chi connectivity index (χ0) is 13.1. The summed E-state index contributed by atoms with van der Waals surface area (Å²) in [7, 11) is 0. The summed E-state index contributed by atoms with van der Waals surface area (Å²) < 4.78 is 0. The Balaban J connectivity index is 2.21. The van der Waals surface area contributed by atoms with Gasteiger partial charge in [-0.15, -0.1) is 17.9 Å². The maximum Gasteiger partial charge on any atom is 0.293 e. The molecule has 3 nitrogen and oxygen atoms in total. The number of carbonyl (C=O) groups is 2. The summed E-state index contributed by atoms with van der Waals surface area (Å²) in [6.07, 6.45) is 4.33. The number of hydrogen-bond donors (Lipinski definition) is 0. The third-order valence-corrected chi connectivity index (χ3v) is 4.57. The van der Waals surface area contributed by atoms with Crippen molar-refractivity contribution in [3.63, 3.8) is 0 Å². The van der Waals surface area contributed by atoms with Crippen LogP contribution in [0.3, 0.4) is 0 Å². The summed E-state index contributed by atoms with van der Waals surface area (Å²) in [5.74, 6) is -0.226. The number of thioether (sulfide) groups is 1. The van der Waals surface area contributed by atoms with Crippen molar-refractivity contribution in [2.24, 2.45) is 0 Å². The molecule has 0 radical (unpaired) electrons. The second kappa shape index (κ2) is 5.54. The van der Waals surface area contributed by atoms with Gasteiger partial charge in [0.05, 0.1) is 4.91 Å². The first-order valence-electron chi connectivity index (χ1n) is 5.60. The van der Waals surface area contributed by atoms with Crippen LogP contribution < -0.4 is 0 Å². The molecule has 0 bridgehead atoms. The lowest BCUT2D eigenvalue weighted by Gasteiger charge is -2.07. The van der Waals surface area contributed by atoms with Crippen molar-refractivity contribution in [2.45, 2.75) is 13.3 Å². The van der Waals surface area contributed by atoms with Crippen molar-refractivity contribution in [3.05, 3.63) is 39.4 Å². The highest BCUT2D eigenvalue weighted by atomic mass is 32.2. The lowest BCUT2D eigenvalue weighted by atomic mass is 10.3. The molecule has 18 heavy (non-hydrogen) atoms. The molecule has 1 fully saturated rings. The van der Waals surface area contributed by atoms with Crippen LogP contribution in [0.1, 0.15) is 16.7 Å². The van der Waals surface area contributed by atoms with Crippen LogP contribution in [0.2, 0.25) is 0 Å². The molecular formula is C13H13NO2S2. The monoisotopic (exact) mass is 279 g/mol. The molecule has 1 aliphatic heterocycles. The van der Waals surface area contributed by atoms with E-state index in [2.05, 4.69) is 13.5 Å². The first-order valence-corrected chi connectivity index (χ1v) is 7.24. The first-order chi connectivity index (χ1) is 8.65. The average Bonchev–Trinajstić information content (AvgIpc) is 2.90. The number of nitrogens with zero attached hydrogens (tertiary/aromatic N) is 1. The summed E-state index contributed by atoms with van der Waals surface area (Å²) in [5, 5.41) is -0.224. The normalized spacial score (nSPS) is 17.8. The molecule has 94 valence electrons. The molecule has 0 aromatic carbocycles. The van der Waals surface area contributed by atoms with Crippen LogP contribution in [0, 0.1) is 0 Å². The molecule has 0 aliphatic carbocycles. The Labute approximate surface area is 114 Å². The molecule has 1 aromatic rings. The van der Waals surface area contributed by atoms with Gasteiger partial charge in [-0.3, -0.25) is 14.5 Å². The Hall–Kier alpha value is -1.33. The summed E-state index contributed by atoms with van der Waals surface area (Å²) in [6.45, 7) is 5.91. The van der Waals surface area contributed by atoms with Crippen LogP contribution in [0.4, 0.5) is 4.79 Å². The Kier molecular flexibility index (Phi) is 4.04. The van der Waals surface area contributed by atoms with Crippen molar-refractivity contribution in [1.82, 2.24) is 4.90 Å². The number of amides is 2. The fraction of sp³-hybridized carbons (Fsp3) is 0.231. The second-order valence-electron chi connectivity index (χ2n) is 3.74. The Morgan fingerprint density at radius 2 is 2.17 bits per heavy atom. The van der Waals surface area contributed by atoms with Crippen molar-refractivity contribution in [1.29, 1.82) is 0 Å². The molecule has 1 aromatic heterocycles. The van der Waals surface area contributed by atoms with Gasteiger partial charge in [0.25, 0.3) is 11.1 Å². The maximum absolute atomic E-state index is 12.0. The van der Waals surface area contributed by atoms with Gasteiger partial charge in [0.15, 0.2) is 0 Å². The van der Waals surface area contributed by atoms with Crippen LogP contribution in [0.25, 0.3) is 6.08 Å². The van der Waals surface area contributed by atoms with E-state index in [4.69, 9.17) is 0 Å². The van der Waals surface area contributed by atoms with E-state index in [0.29, 0.717) is 4.91 Å². The number of rotatable bonds is 4. The highest BCUT2D eigenvalue weighted by Gasteiger charge is 2.34. The maximum atomic E-state index is 12.0. The van der Waals surface area contributed by atoms with Gasteiger partial charge >= 0.3 is 0 Å². The number of thiophene rings is 1. The SMILES string of the molecule is C=CCN1C(=O)SC(=Cc2ccc(CC)s2)C1=O. The minimum absolute atomic E-state index is 0.224. The Morgan fingerprint density at radius 1 is 1.39 bits per heavy atom. The van der Waals surface area contributed by atoms with E-state index in [-0.39, 0.29) is 17.7 Å². The number of carbonyl (C=O) groups excluding carboxylic acids is 2. The molecule has 0 unspecified atom stereocenters. The quantitative estimate of drug-likeness (QED) is 0.625. The highest BCUT2D eigenvalue weighted by molar-refractivity contribution is 8.18. The lowest BCUT2D eigenvalue weighted by molar-refractivity contribution is -0.122. The van der Waals surface area contributed by atoms with Crippen molar-refractivity contribution >= 4 is 40.3 Å². The van der Waals surface area contributed by atoms with E-state index in [1.165, 1.54) is 9.78 Å². The van der Waals surface area contributed by atoms with Gasteiger partial charge in [-0.2, -0.15) is 0 Å². The van der Waals surface area contributed by atoms with Crippen LogP contribution in [-0.2, 0) is 11.2 Å². The van der Waals surface area contributed by atoms with E-state index in [1.807, 2.05) is 12.1 Å².